The van der Waals surface area contributed by atoms with Crippen molar-refractivity contribution < 1.29 is 17.9 Å². The van der Waals surface area contributed by atoms with E-state index in [1.54, 1.807) is 10.7 Å². The molecule has 190 valence electrons. The van der Waals surface area contributed by atoms with Gasteiger partial charge in [0, 0.05) is 24.5 Å². The molecule has 2 aliphatic rings. The number of fused-ring (bicyclic) bond motifs is 1. The molecule has 5 rings (SSSR count). The van der Waals surface area contributed by atoms with Crippen LogP contribution in [0.25, 0.3) is 10.9 Å². The van der Waals surface area contributed by atoms with Gasteiger partial charge in [0.1, 0.15) is 11.4 Å². The fraction of sp³-hybridized carbons (Fsp3) is 0.480. The number of H-pyrrole nitrogens is 1. The van der Waals surface area contributed by atoms with Gasteiger partial charge in [-0.3, -0.25) is 14.8 Å². The summed E-state index contributed by atoms with van der Waals surface area (Å²) in [5.41, 5.74) is 0.628. The van der Waals surface area contributed by atoms with Gasteiger partial charge in [-0.05, 0) is 42.0 Å². The summed E-state index contributed by atoms with van der Waals surface area (Å²) in [4.78, 5) is 15.3. The molecule has 11 heteroatoms. The number of rotatable bonds is 6. The molecule has 36 heavy (non-hydrogen) atoms. The first kappa shape index (κ1) is 24.3. The Balaban J connectivity index is 1.44. The fourth-order valence-electron chi connectivity index (χ4n) is 4.78. The number of nitrogens with zero attached hydrogens (tertiary/aromatic N) is 3. The van der Waals surface area contributed by atoms with Crippen LogP contribution in [-0.4, -0.2) is 40.2 Å². The number of ether oxygens (including phenoxy) is 1. The number of hydrogen-bond acceptors (Lipinski definition) is 6. The van der Waals surface area contributed by atoms with Gasteiger partial charge in [0.25, 0.3) is 5.56 Å². The normalized spacial score (nSPS) is 24.3. The monoisotopic (exact) mass is 500 g/mol. The number of anilines is 2. The predicted molar refractivity (Wildman–Crippen MR) is 128 cm³/mol. The van der Waals surface area contributed by atoms with Crippen LogP contribution in [0.4, 0.5) is 24.7 Å². The maximum atomic E-state index is 13.8. The highest BCUT2D eigenvalue weighted by Gasteiger charge is 2.51. The maximum absolute atomic E-state index is 13.8. The average molecular weight is 501 g/mol. The molecule has 2 aromatic heterocycles. The molecule has 2 fully saturated rings. The minimum absolute atomic E-state index is 0.111. The van der Waals surface area contributed by atoms with Crippen LogP contribution < -0.4 is 16.2 Å². The van der Waals surface area contributed by atoms with Crippen molar-refractivity contribution in [3.8, 4) is 6.07 Å². The highest BCUT2D eigenvalue weighted by molar-refractivity contribution is 5.91. The van der Waals surface area contributed by atoms with E-state index in [4.69, 9.17) is 4.74 Å². The Morgan fingerprint density at radius 2 is 2.00 bits per heavy atom. The highest BCUT2D eigenvalue weighted by Crippen LogP contribution is 2.47. The SMILES string of the molecule is CC1(C)CC1NC(c1ccc(Nc2nn(C3COCC[C@@H]3C#N)c3cc[nH]c(=O)c23)cc1)C(F)(F)F. The highest BCUT2D eigenvalue weighted by atomic mass is 19.4. The summed E-state index contributed by atoms with van der Waals surface area (Å²) in [6.07, 6.45) is -1.67. The Kier molecular flexibility index (Phi) is 6.04. The minimum Gasteiger partial charge on any atom is -0.379 e. The van der Waals surface area contributed by atoms with Crippen LogP contribution in [0.15, 0.2) is 41.3 Å². The molecule has 8 nitrogen and oxygen atoms in total. The van der Waals surface area contributed by atoms with E-state index in [1.165, 1.54) is 30.5 Å². The zero-order chi connectivity index (χ0) is 25.7. The molecule has 3 heterocycles. The Morgan fingerprint density at radius 1 is 1.28 bits per heavy atom. The van der Waals surface area contributed by atoms with E-state index in [0.29, 0.717) is 42.6 Å². The largest absolute Gasteiger partial charge is 0.407 e. The van der Waals surface area contributed by atoms with Crippen LogP contribution in [0.1, 0.15) is 44.3 Å². The fourth-order valence-corrected chi connectivity index (χ4v) is 4.78. The number of aromatic nitrogens is 3. The first-order valence-electron chi connectivity index (χ1n) is 11.9. The van der Waals surface area contributed by atoms with Crippen molar-refractivity contribution in [2.75, 3.05) is 18.5 Å². The van der Waals surface area contributed by atoms with Gasteiger partial charge >= 0.3 is 6.18 Å². The molecule has 0 amide bonds. The zero-order valence-corrected chi connectivity index (χ0v) is 19.9. The van der Waals surface area contributed by atoms with Crippen molar-refractivity contribution in [3.63, 3.8) is 0 Å². The molecule has 1 aliphatic heterocycles. The second-order valence-corrected chi connectivity index (χ2v) is 10.2. The minimum atomic E-state index is -4.44. The molecule has 1 aromatic carbocycles. The third-order valence-corrected chi connectivity index (χ3v) is 7.15. The third-order valence-electron chi connectivity index (χ3n) is 7.15. The third kappa shape index (κ3) is 4.58. The van der Waals surface area contributed by atoms with Crippen LogP contribution in [0, 0.1) is 22.7 Å². The van der Waals surface area contributed by atoms with Gasteiger partial charge in [0.15, 0.2) is 5.82 Å². The van der Waals surface area contributed by atoms with Crippen molar-refractivity contribution in [3.05, 3.63) is 52.4 Å². The molecule has 1 saturated carbocycles. The number of nitrogens with one attached hydrogen (secondary N) is 3. The molecular formula is C25H27F3N6O2. The molecule has 0 bridgehead atoms. The maximum Gasteiger partial charge on any atom is 0.407 e. The lowest BCUT2D eigenvalue weighted by Crippen LogP contribution is -2.36. The van der Waals surface area contributed by atoms with E-state index in [0.717, 1.165) is 0 Å². The number of nitriles is 1. The van der Waals surface area contributed by atoms with Crippen molar-refractivity contribution in [2.45, 2.75) is 51.0 Å². The van der Waals surface area contributed by atoms with Crippen LogP contribution >= 0.6 is 0 Å². The second-order valence-electron chi connectivity index (χ2n) is 10.2. The lowest BCUT2D eigenvalue weighted by Gasteiger charge is -2.27. The smallest absolute Gasteiger partial charge is 0.379 e. The summed E-state index contributed by atoms with van der Waals surface area (Å²) in [6, 6.07) is 7.61. The predicted octanol–water partition coefficient (Wildman–Crippen LogP) is 4.56. The number of alkyl halides is 3. The molecule has 1 aliphatic carbocycles. The number of pyridine rings is 1. The van der Waals surface area contributed by atoms with E-state index in [1.807, 2.05) is 13.8 Å². The molecule has 3 aromatic rings. The molecule has 1 saturated heterocycles. The summed E-state index contributed by atoms with van der Waals surface area (Å²) >= 11 is 0. The Hall–Kier alpha value is -3.36. The molecule has 0 radical (unpaired) electrons. The molecule has 4 atom stereocenters. The zero-order valence-electron chi connectivity index (χ0n) is 19.9. The molecule has 3 N–H and O–H groups in total. The van der Waals surface area contributed by atoms with Gasteiger partial charge in [-0.2, -0.15) is 23.5 Å². The van der Waals surface area contributed by atoms with Gasteiger partial charge in [0.05, 0.1) is 30.2 Å². The van der Waals surface area contributed by atoms with Gasteiger partial charge in [-0.15, -0.1) is 0 Å². The van der Waals surface area contributed by atoms with Crippen molar-refractivity contribution in [1.29, 1.82) is 5.26 Å². The number of benzene rings is 1. The van der Waals surface area contributed by atoms with E-state index in [9.17, 15) is 23.2 Å². The number of halogens is 3. The van der Waals surface area contributed by atoms with E-state index in [-0.39, 0.29) is 40.4 Å². The molecule has 3 unspecified atom stereocenters. The van der Waals surface area contributed by atoms with Crippen LogP contribution in [0.3, 0.4) is 0 Å². The van der Waals surface area contributed by atoms with Gasteiger partial charge < -0.3 is 15.0 Å². The van der Waals surface area contributed by atoms with Crippen molar-refractivity contribution in [1.82, 2.24) is 20.1 Å². The average Bonchev–Trinajstić information content (AvgIpc) is 3.28. The van der Waals surface area contributed by atoms with Crippen LogP contribution in [0.5, 0.6) is 0 Å². The summed E-state index contributed by atoms with van der Waals surface area (Å²) < 4.78 is 48.6. The standard InChI is InChI=1S/C25H27F3N6O2/c1-24(2)11-19(24)32-21(25(26,27)28)14-3-5-16(6-4-14)31-22-20-17(7-9-30-23(20)35)34(33-22)18-13-36-10-8-15(18)12-29/h3-7,9,15,18-19,21,32H,8,10-11,13H2,1-2H3,(H,30,35)(H,31,33)/t15-,18?,19?,21?/m1/s1. The summed E-state index contributed by atoms with van der Waals surface area (Å²) in [5.74, 6) is -0.0661. The topological polar surface area (TPSA) is 108 Å². The lowest BCUT2D eigenvalue weighted by molar-refractivity contribution is -0.158. The summed E-state index contributed by atoms with van der Waals surface area (Å²) in [7, 11) is 0. The van der Waals surface area contributed by atoms with Gasteiger partial charge in [0.2, 0.25) is 0 Å². The van der Waals surface area contributed by atoms with Gasteiger partial charge in [-0.25, -0.2) is 0 Å². The Labute approximate surface area is 205 Å². The Morgan fingerprint density at radius 3 is 2.64 bits per heavy atom. The van der Waals surface area contributed by atoms with Crippen molar-refractivity contribution in [2.24, 2.45) is 11.3 Å². The number of hydrogen-bond donors (Lipinski definition) is 3. The van der Waals surface area contributed by atoms with Crippen LogP contribution in [0.2, 0.25) is 0 Å². The summed E-state index contributed by atoms with van der Waals surface area (Å²) in [6.45, 7) is 4.65. The quantitative estimate of drug-likeness (QED) is 0.458. The first-order valence-corrected chi connectivity index (χ1v) is 11.9. The Bertz CT molecular complexity index is 1360. The first-order chi connectivity index (χ1) is 17.1. The number of aromatic amines is 1. The van der Waals surface area contributed by atoms with E-state index in [2.05, 4.69) is 26.8 Å². The second kappa shape index (κ2) is 8.94. The van der Waals surface area contributed by atoms with E-state index >= 15 is 0 Å². The molecule has 0 spiro atoms. The summed E-state index contributed by atoms with van der Waals surface area (Å²) in [5, 5.41) is 20.3. The van der Waals surface area contributed by atoms with E-state index < -0.39 is 12.2 Å². The molecular weight excluding hydrogens is 473 g/mol. The van der Waals surface area contributed by atoms with Crippen molar-refractivity contribution >= 4 is 22.4 Å². The lowest BCUT2D eigenvalue weighted by atomic mass is 9.96. The van der Waals surface area contributed by atoms with Gasteiger partial charge in [-0.1, -0.05) is 26.0 Å². The van der Waals surface area contributed by atoms with Crippen LogP contribution in [-0.2, 0) is 4.74 Å².